The van der Waals surface area contributed by atoms with E-state index in [0.29, 0.717) is 11.6 Å². The molecular formula is C13H21NO4S3. The molecule has 0 amide bonds. The predicted octanol–water partition coefficient (Wildman–Crippen LogP) is 2.15. The lowest BCUT2D eigenvalue weighted by atomic mass is 10.1. The molecule has 5 nitrogen and oxygen atoms in total. The van der Waals surface area contributed by atoms with Crippen LogP contribution >= 0.6 is 11.3 Å². The minimum absolute atomic E-state index is 0.0228. The minimum Gasteiger partial charge on any atom is -0.245 e. The van der Waals surface area contributed by atoms with Crippen LogP contribution in [0.3, 0.4) is 0 Å². The van der Waals surface area contributed by atoms with Crippen molar-refractivity contribution in [2.75, 3.05) is 17.3 Å². The zero-order valence-corrected chi connectivity index (χ0v) is 14.6. The lowest BCUT2D eigenvalue weighted by Crippen LogP contribution is -2.19. The summed E-state index contributed by atoms with van der Waals surface area (Å²) >= 11 is 1.52. The van der Waals surface area contributed by atoms with Crippen molar-refractivity contribution in [3.8, 4) is 0 Å². The van der Waals surface area contributed by atoms with Crippen LogP contribution in [0.5, 0.6) is 0 Å². The Morgan fingerprint density at radius 2 is 1.76 bits per heavy atom. The van der Waals surface area contributed by atoms with E-state index in [1.807, 2.05) is 0 Å². The van der Waals surface area contributed by atoms with E-state index in [2.05, 4.69) is 4.98 Å². The first-order valence-corrected chi connectivity index (χ1v) is 11.7. The van der Waals surface area contributed by atoms with E-state index in [1.165, 1.54) is 31.1 Å². The van der Waals surface area contributed by atoms with Crippen LogP contribution < -0.4 is 0 Å². The van der Waals surface area contributed by atoms with Crippen molar-refractivity contribution in [2.24, 2.45) is 0 Å². The van der Waals surface area contributed by atoms with Crippen molar-refractivity contribution in [1.29, 1.82) is 0 Å². The molecule has 0 bridgehead atoms. The molecule has 120 valence electrons. The van der Waals surface area contributed by atoms with Gasteiger partial charge in [-0.15, -0.1) is 11.3 Å². The Labute approximate surface area is 130 Å². The maximum atomic E-state index is 12.0. The Bertz CT molecular complexity index is 670. The van der Waals surface area contributed by atoms with E-state index < -0.39 is 19.7 Å². The summed E-state index contributed by atoms with van der Waals surface area (Å²) in [7, 11) is -6.67. The third-order valence-corrected chi connectivity index (χ3v) is 8.37. The number of nitrogens with zero attached hydrogens (tertiary/aromatic N) is 1. The largest absolute Gasteiger partial charge is 0.245 e. The molecule has 1 aromatic rings. The van der Waals surface area contributed by atoms with Crippen LogP contribution in [0.15, 0.2) is 5.38 Å². The minimum atomic E-state index is -3.42. The molecule has 8 heteroatoms. The van der Waals surface area contributed by atoms with Gasteiger partial charge in [-0.3, -0.25) is 0 Å². The van der Waals surface area contributed by atoms with Crippen molar-refractivity contribution in [3.05, 3.63) is 16.1 Å². The average Bonchev–Trinajstić information content (AvgIpc) is 3.07. The van der Waals surface area contributed by atoms with Crippen LogP contribution in [0.25, 0.3) is 0 Å². The monoisotopic (exact) mass is 351 g/mol. The van der Waals surface area contributed by atoms with Crippen molar-refractivity contribution in [3.63, 3.8) is 0 Å². The first kappa shape index (κ1) is 16.9. The summed E-state index contributed by atoms with van der Waals surface area (Å²) in [6, 6.07) is 0. The maximum absolute atomic E-state index is 12.0. The molecule has 1 fully saturated rings. The highest BCUT2D eigenvalue weighted by Gasteiger charge is 2.22. The van der Waals surface area contributed by atoms with Crippen molar-refractivity contribution >= 4 is 31.0 Å². The summed E-state index contributed by atoms with van der Waals surface area (Å²) in [5.41, 5.74) is 0.552. The Morgan fingerprint density at radius 1 is 1.14 bits per heavy atom. The summed E-state index contributed by atoms with van der Waals surface area (Å²) < 4.78 is 46.8. The quantitative estimate of drug-likeness (QED) is 0.752. The summed E-state index contributed by atoms with van der Waals surface area (Å²) in [5, 5.41) is 2.82. The van der Waals surface area contributed by atoms with E-state index in [-0.39, 0.29) is 23.0 Å². The molecule has 0 N–H and O–H groups in total. The highest BCUT2D eigenvalue weighted by atomic mass is 32.2. The van der Waals surface area contributed by atoms with Crippen molar-refractivity contribution in [1.82, 2.24) is 4.98 Å². The van der Waals surface area contributed by atoms with E-state index in [9.17, 15) is 16.8 Å². The van der Waals surface area contributed by atoms with Gasteiger partial charge in [0.25, 0.3) is 0 Å². The zero-order chi connectivity index (χ0) is 15.5. The van der Waals surface area contributed by atoms with Crippen LogP contribution in [0.2, 0.25) is 0 Å². The lowest BCUT2D eigenvalue weighted by molar-refractivity contribution is 0.587. The zero-order valence-electron chi connectivity index (χ0n) is 12.1. The molecule has 1 aromatic heterocycles. The molecule has 0 spiro atoms. The third kappa shape index (κ3) is 5.03. The summed E-state index contributed by atoms with van der Waals surface area (Å²) in [5.74, 6) is -0.322. The van der Waals surface area contributed by atoms with Gasteiger partial charge in [-0.2, -0.15) is 0 Å². The number of hydrogen-bond donors (Lipinski definition) is 0. The Hall–Kier alpha value is -0.470. The van der Waals surface area contributed by atoms with Crippen LogP contribution in [0, 0.1) is 0 Å². The first-order chi connectivity index (χ1) is 9.81. The Morgan fingerprint density at radius 3 is 2.38 bits per heavy atom. The van der Waals surface area contributed by atoms with E-state index in [1.54, 1.807) is 5.38 Å². The maximum Gasteiger partial charge on any atom is 0.157 e. The fourth-order valence-corrected chi connectivity index (χ4v) is 6.60. The van der Waals surface area contributed by atoms with Crippen LogP contribution in [0.1, 0.15) is 49.2 Å². The third-order valence-electron chi connectivity index (χ3n) is 3.79. The van der Waals surface area contributed by atoms with Crippen LogP contribution in [-0.2, 0) is 25.4 Å². The predicted molar refractivity (Wildman–Crippen MR) is 85.1 cm³/mol. The highest BCUT2D eigenvalue weighted by molar-refractivity contribution is 7.94. The number of hydrogen-bond acceptors (Lipinski definition) is 6. The van der Waals surface area contributed by atoms with E-state index >= 15 is 0 Å². The average molecular weight is 352 g/mol. The molecule has 0 atom stereocenters. The number of rotatable bonds is 7. The van der Waals surface area contributed by atoms with Crippen molar-refractivity contribution < 1.29 is 16.8 Å². The summed E-state index contributed by atoms with van der Waals surface area (Å²) in [4.78, 5) is 4.43. The molecule has 1 heterocycles. The van der Waals surface area contributed by atoms with Gasteiger partial charge in [-0.25, -0.2) is 21.8 Å². The summed E-state index contributed by atoms with van der Waals surface area (Å²) in [6.45, 7) is 1.52. The second-order valence-electron chi connectivity index (χ2n) is 5.49. The van der Waals surface area contributed by atoms with Crippen LogP contribution in [-0.4, -0.2) is 39.1 Å². The molecular weight excluding hydrogens is 330 g/mol. The normalized spacial score (nSPS) is 17.4. The molecule has 2 rings (SSSR count). The van der Waals surface area contributed by atoms with Gasteiger partial charge in [0.15, 0.2) is 19.7 Å². The topological polar surface area (TPSA) is 81.2 Å². The standard InChI is InChI=1S/C13H21NO4S3/c1-2-20(15,16)7-8-21(17,18)10-12-9-19-13(14-12)11-5-3-4-6-11/h9,11H,2-8,10H2,1H3. The number of aromatic nitrogens is 1. The number of thiazole rings is 1. The van der Waals surface area contributed by atoms with Gasteiger partial charge in [-0.1, -0.05) is 19.8 Å². The van der Waals surface area contributed by atoms with Gasteiger partial charge in [0.05, 0.1) is 28.0 Å². The molecule has 0 aromatic carbocycles. The molecule has 0 aliphatic heterocycles. The van der Waals surface area contributed by atoms with Gasteiger partial charge >= 0.3 is 0 Å². The Kier molecular flexibility index (Phi) is 5.43. The van der Waals surface area contributed by atoms with E-state index in [4.69, 9.17) is 0 Å². The second kappa shape index (κ2) is 6.75. The van der Waals surface area contributed by atoms with Crippen molar-refractivity contribution in [2.45, 2.75) is 44.3 Å². The SMILES string of the molecule is CCS(=O)(=O)CCS(=O)(=O)Cc1csc(C2CCCC2)n1. The van der Waals surface area contributed by atoms with Gasteiger partial charge in [-0.05, 0) is 12.8 Å². The molecule has 1 saturated carbocycles. The molecule has 0 unspecified atom stereocenters. The molecule has 21 heavy (non-hydrogen) atoms. The Balaban J connectivity index is 1.97. The molecule has 1 aliphatic carbocycles. The molecule has 1 aliphatic rings. The van der Waals surface area contributed by atoms with E-state index in [0.717, 1.165) is 17.8 Å². The second-order valence-corrected chi connectivity index (χ2v) is 11.0. The number of sulfone groups is 2. The van der Waals surface area contributed by atoms with Gasteiger partial charge in [0.1, 0.15) is 0 Å². The van der Waals surface area contributed by atoms with Crippen LogP contribution in [0.4, 0.5) is 0 Å². The first-order valence-electron chi connectivity index (χ1n) is 7.16. The highest BCUT2D eigenvalue weighted by Crippen LogP contribution is 2.35. The fraction of sp³-hybridized carbons (Fsp3) is 0.769. The fourth-order valence-electron chi connectivity index (χ4n) is 2.44. The molecule has 0 radical (unpaired) electrons. The smallest absolute Gasteiger partial charge is 0.157 e. The molecule has 0 saturated heterocycles. The lowest BCUT2D eigenvalue weighted by Gasteiger charge is -2.04. The summed E-state index contributed by atoms with van der Waals surface area (Å²) in [6.07, 6.45) is 4.70. The van der Waals surface area contributed by atoms with Gasteiger partial charge in [0, 0.05) is 17.1 Å². The van der Waals surface area contributed by atoms with Gasteiger partial charge in [0.2, 0.25) is 0 Å². The van der Waals surface area contributed by atoms with Gasteiger partial charge < -0.3 is 0 Å².